The maximum Gasteiger partial charge on any atom is 0.406 e. The van der Waals surface area contributed by atoms with Crippen LogP contribution in [0.4, 0.5) is 22.2 Å². The summed E-state index contributed by atoms with van der Waals surface area (Å²) in [6, 6.07) is 7.78. The molecule has 0 saturated heterocycles. The molecule has 9 nitrogen and oxygen atoms in total. The second-order valence-electron chi connectivity index (χ2n) is 8.10. The third-order valence-electron chi connectivity index (χ3n) is 5.31. The summed E-state index contributed by atoms with van der Waals surface area (Å²) in [5.74, 6) is 0.988. The van der Waals surface area contributed by atoms with Gasteiger partial charge in [-0.15, -0.1) is 0 Å². The van der Waals surface area contributed by atoms with Crippen molar-refractivity contribution in [3.63, 3.8) is 0 Å². The van der Waals surface area contributed by atoms with Crippen molar-refractivity contribution in [3.8, 4) is 0 Å². The zero-order chi connectivity index (χ0) is 22.6. The number of nitrogens with one attached hydrogen (secondary N) is 2. The van der Waals surface area contributed by atoms with Gasteiger partial charge >= 0.3 is 6.09 Å². The first kappa shape index (κ1) is 22.3. The first-order chi connectivity index (χ1) is 14.8. The number of hydrogen-bond donors (Lipinski definition) is 2. The Labute approximate surface area is 182 Å². The highest BCUT2D eigenvalue weighted by atomic mass is 16.5. The first-order valence-corrected chi connectivity index (χ1v) is 10.4. The van der Waals surface area contributed by atoms with Gasteiger partial charge in [-0.1, -0.05) is 26.0 Å². The summed E-state index contributed by atoms with van der Waals surface area (Å²) in [6.45, 7) is 8.04. The minimum atomic E-state index is -0.469. The van der Waals surface area contributed by atoms with Crippen LogP contribution in [0.3, 0.4) is 0 Å². The van der Waals surface area contributed by atoms with Crippen LogP contribution in [0.1, 0.15) is 36.7 Å². The van der Waals surface area contributed by atoms with E-state index in [9.17, 15) is 9.59 Å². The quantitative estimate of drug-likeness (QED) is 0.732. The maximum atomic E-state index is 13.4. The zero-order valence-corrected chi connectivity index (χ0v) is 18.7. The summed E-state index contributed by atoms with van der Waals surface area (Å²) < 4.78 is 5.27. The third kappa shape index (κ3) is 4.87. The van der Waals surface area contributed by atoms with Crippen molar-refractivity contribution in [3.05, 3.63) is 41.6 Å². The molecule has 1 aromatic heterocycles. The van der Waals surface area contributed by atoms with Gasteiger partial charge in [0.2, 0.25) is 5.95 Å². The molecule has 1 aliphatic heterocycles. The Balaban J connectivity index is 1.90. The van der Waals surface area contributed by atoms with Crippen molar-refractivity contribution in [1.29, 1.82) is 0 Å². The number of carbonyl (C=O) groups excluding carboxylic acids is 2. The van der Waals surface area contributed by atoms with Gasteiger partial charge in [0.15, 0.2) is 0 Å². The first-order valence-electron chi connectivity index (χ1n) is 10.4. The number of rotatable bonds is 6. The van der Waals surface area contributed by atoms with Gasteiger partial charge in [-0.2, -0.15) is 4.98 Å². The predicted octanol–water partition coefficient (Wildman–Crippen LogP) is 2.64. The number of fused-ring (bicyclic) bond motifs is 1. The van der Waals surface area contributed by atoms with E-state index in [-0.39, 0.29) is 12.5 Å². The molecular formula is C22H30N6O3. The number of anilines is 3. The van der Waals surface area contributed by atoms with Crippen LogP contribution in [0, 0.1) is 0 Å². The average Bonchev–Trinajstić information content (AvgIpc) is 2.89. The van der Waals surface area contributed by atoms with Crippen LogP contribution < -0.4 is 20.4 Å². The number of benzene rings is 1. The molecule has 2 heterocycles. The van der Waals surface area contributed by atoms with Crippen LogP contribution in [-0.2, 0) is 10.2 Å². The van der Waals surface area contributed by atoms with E-state index in [0.29, 0.717) is 37.0 Å². The Kier molecular flexibility index (Phi) is 6.62. The highest BCUT2D eigenvalue weighted by Crippen LogP contribution is 2.30. The predicted molar refractivity (Wildman–Crippen MR) is 121 cm³/mol. The Morgan fingerprint density at radius 1 is 1.29 bits per heavy atom. The van der Waals surface area contributed by atoms with E-state index in [2.05, 4.69) is 20.6 Å². The zero-order valence-electron chi connectivity index (χ0n) is 18.7. The van der Waals surface area contributed by atoms with Crippen molar-refractivity contribution >= 4 is 29.5 Å². The largest absolute Gasteiger partial charge is 0.449 e. The lowest BCUT2D eigenvalue weighted by Gasteiger charge is -2.27. The molecule has 0 aliphatic carbocycles. The van der Waals surface area contributed by atoms with E-state index >= 15 is 0 Å². The van der Waals surface area contributed by atoms with E-state index in [4.69, 9.17) is 4.74 Å². The Morgan fingerprint density at radius 3 is 2.77 bits per heavy atom. The molecule has 2 amide bonds. The van der Waals surface area contributed by atoms with Crippen LogP contribution in [0.5, 0.6) is 0 Å². The summed E-state index contributed by atoms with van der Waals surface area (Å²) in [5, 5.41) is 5.55. The van der Waals surface area contributed by atoms with Crippen molar-refractivity contribution in [2.24, 2.45) is 0 Å². The van der Waals surface area contributed by atoms with E-state index in [1.165, 1.54) is 7.05 Å². The molecule has 166 valence electrons. The molecule has 1 aromatic carbocycles. The maximum absolute atomic E-state index is 13.4. The Morgan fingerprint density at radius 2 is 2.06 bits per heavy atom. The molecule has 2 N–H and O–H groups in total. The number of ether oxygens (including phenoxy) is 1. The SMILES string of the molecule is CCNc1ncc2c(n1)N(C)CCN(c1cccc(C(C)(C)COC(=O)NC)c1)C2=O. The molecule has 0 atom stereocenters. The fraction of sp³-hybridized carbons (Fsp3) is 0.455. The van der Waals surface area contributed by atoms with Crippen LogP contribution in [0.15, 0.2) is 30.5 Å². The van der Waals surface area contributed by atoms with Gasteiger partial charge in [0.25, 0.3) is 5.91 Å². The summed E-state index contributed by atoms with van der Waals surface area (Å²) >= 11 is 0. The molecule has 0 saturated carbocycles. The van der Waals surface area contributed by atoms with Gasteiger partial charge in [-0.3, -0.25) is 4.79 Å². The lowest BCUT2D eigenvalue weighted by atomic mass is 9.85. The lowest BCUT2D eigenvalue weighted by molar-refractivity contribution is 0.0989. The van der Waals surface area contributed by atoms with Crippen molar-refractivity contribution in [2.45, 2.75) is 26.2 Å². The normalized spacial score (nSPS) is 14.0. The van der Waals surface area contributed by atoms with Gasteiger partial charge in [0.1, 0.15) is 18.0 Å². The minimum Gasteiger partial charge on any atom is -0.449 e. The molecule has 0 radical (unpaired) electrons. The van der Waals surface area contributed by atoms with Gasteiger partial charge in [-0.25, -0.2) is 9.78 Å². The summed E-state index contributed by atoms with van der Waals surface area (Å²) in [7, 11) is 3.45. The number of amides is 2. The highest BCUT2D eigenvalue weighted by molar-refractivity contribution is 6.09. The minimum absolute atomic E-state index is 0.140. The molecule has 0 bridgehead atoms. The fourth-order valence-corrected chi connectivity index (χ4v) is 3.40. The van der Waals surface area contributed by atoms with Crippen LogP contribution in [0.2, 0.25) is 0 Å². The molecule has 0 fully saturated rings. The molecule has 3 rings (SSSR count). The monoisotopic (exact) mass is 426 g/mol. The molecule has 9 heteroatoms. The van der Waals surface area contributed by atoms with Gasteiger partial charge in [0.05, 0.1) is 0 Å². The summed E-state index contributed by atoms with van der Waals surface area (Å²) in [5.41, 5.74) is 1.80. The molecular weight excluding hydrogens is 396 g/mol. The van der Waals surface area contributed by atoms with Gasteiger partial charge in [0, 0.05) is 51.0 Å². The van der Waals surface area contributed by atoms with E-state index in [0.717, 1.165) is 11.3 Å². The van der Waals surface area contributed by atoms with Gasteiger partial charge < -0.3 is 25.2 Å². The van der Waals surface area contributed by atoms with Crippen LogP contribution in [-0.4, -0.2) is 62.3 Å². The number of carbonyl (C=O) groups is 2. The van der Waals surface area contributed by atoms with Crippen LogP contribution in [0.25, 0.3) is 0 Å². The average molecular weight is 427 g/mol. The fourth-order valence-electron chi connectivity index (χ4n) is 3.40. The molecule has 0 unspecified atom stereocenters. The van der Waals surface area contributed by atoms with E-state index in [1.807, 2.05) is 57.0 Å². The highest BCUT2D eigenvalue weighted by Gasteiger charge is 2.29. The summed E-state index contributed by atoms with van der Waals surface area (Å²) in [4.78, 5) is 37.4. The second-order valence-corrected chi connectivity index (χ2v) is 8.10. The number of alkyl carbamates (subject to hydrolysis) is 1. The number of hydrogen-bond acceptors (Lipinski definition) is 7. The lowest BCUT2D eigenvalue weighted by Crippen LogP contribution is -2.34. The smallest absolute Gasteiger partial charge is 0.406 e. The standard InChI is InChI=1S/C22H30N6O3/c1-6-24-20-25-13-17-18(26-20)27(5)10-11-28(19(17)29)16-9-7-8-15(12-16)22(2,3)14-31-21(30)23-4/h7-9,12-13H,6,10-11,14H2,1-5H3,(H,23,30)(H,24,25,26). The molecule has 1 aliphatic rings. The number of likely N-dealkylation sites (N-methyl/N-ethyl adjacent to an activating group) is 1. The van der Waals surface area contributed by atoms with Crippen molar-refractivity contribution in [1.82, 2.24) is 15.3 Å². The second kappa shape index (κ2) is 9.20. The van der Waals surface area contributed by atoms with Crippen LogP contribution >= 0.6 is 0 Å². The van der Waals surface area contributed by atoms with E-state index in [1.54, 1.807) is 11.1 Å². The number of nitrogens with zero attached hydrogens (tertiary/aromatic N) is 4. The number of aromatic nitrogens is 2. The summed E-state index contributed by atoms with van der Waals surface area (Å²) in [6.07, 6.45) is 1.12. The van der Waals surface area contributed by atoms with E-state index < -0.39 is 11.5 Å². The Bertz CT molecular complexity index is 962. The topological polar surface area (TPSA) is 99.7 Å². The third-order valence-corrected chi connectivity index (χ3v) is 5.31. The Hall–Kier alpha value is -3.36. The molecule has 0 spiro atoms. The van der Waals surface area contributed by atoms with Crippen molar-refractivity contribution < 1.29 is 14.3 Å². The molecule has 2 aromatic rings. The molecule has 31 heavy (non-hydrogen) atoms. The van der Waals surface area contributed by atoms with Crippen molar-refractivity contribution in [2.75, 3.05) is 55.5 Å². The van der Waals surface area contributed by atoms with Gasteiger partial charge in [-0.05, 0) is 24.6 Å².